The highest BCUT2D eigenvalue weighted by Gasteiger charge is 2.24. The van der Waals surface area contributed by atoms with Crippen LogP contribution in [0.2, 0.25) is 0 Å². The van der Waals surface area contributed by atoms with E-state index in [2.05, 4.69) is 20.9 Å². The standard InChI is InChI=1S/C26H24N6OS/c27-17-20-7-5-11-28-25(20)30-13-6-14-31(16-15-30)26(33)22-8-1-2-9-23(22)34-19-21-18-32-12-4-3-10-24(32)29-21/h1-5,7-12,18H,6,13-16,19H2. The summed E-state index contributed by atoms with van der Waals surface area (Å²) in [6.07, 6.45) is 6.55. The summed E-state index contributed by atoms with van der Waals surface area (Å²) >= 11 is 1.64. The van der Waals surface area contributed by atoms with Crippen molar-refractivity contribution in [2.45, 2.75) is 17.1 Å². The fraction of sp³-hybridized carbons (Fsp3) is 0.231. The van der Waals surface area contributed by atoms with Crippen LogP contribution in [0.1, 0.15) is 28.0 Å². The lowest BCUT2D eigenvalue weighted by Crippen LogP contribution is -2.35. The molecule has 4 aromatic rings. The molecule has 0 saturated carbocycles. The topological polar surface area (TPSA) is 77.5 Å². The van der Waals surface area contributed by atoms with Crippen molar-refractivity contribution in [3.05, 3.63) is 90.0 Å². The number of imidazole rings is 1. The number of anilines is 1. The Labute approximate surface area is 202 Å². The van der Waals surface area contributed by atoms with E-state index in [9.17, 15) is 10.1 Å². The predicted molar refractivity (Wildman–Crippen MR) is 133 cm³/mol. The molecular formula is C26H24N6OS. The quantitative estimate of drug-likeness (QED) is 0.408. The van der Waals surface area contributed by atoms with Gasteiger partial charge in [0.05, 0.1) is 16.8 Å². The summed E-state index contributed by atoms with van der Waals surface area (Å²) in [6, 6.07) is 19.5. The molecule has 1 aliphatic heterocycles. The number of aromatic nitrogens is 3. The zero-order chi connectivity index (χ0) is 23.3. The molecule has 0 unspecified atom stereocenters. The first-order valence-electron chi connectivity index (χ1n) is 11.3. The number of hydrogen-bond donors (Lipinski definition) is 0. The van der Waals surface area contributed by atoms with Crippen LogP contribution in [-0.4, -0.2) is 51.4 Å². The van der Waals surface area contributed by atoms with Gasteiger partial charge in [-0.05, 0) is 42.8 Å². The van der Waals surface area contributed by atoms with Crippen LogP contribution in [0.15, 0.2) is 78.1 Å². The van der Waals surface area contributed by atoms with Crippen LogP contribution in [0.5, 0.6) is 0 Å². The fourth-order valence-electron chi connectivity index (χ4n) is 4.22. The molecule has 1 amide bonds. The Morgan fingerprint density at radius 3 is 2.79 bits per heavy atom. The maximum Gasteiger partial charge on any atom is 0.255 e. The minimum atomic E-state index is 0.0430. The molecule has 1 fully saturated rings. The average molecular weight is 469 g/mol. The highest BCUT2D eigenvalue weighted by atomic mass is 32.2. The molecule has 5 rings (SSSR count). The molecule has 0 spiro atoms. The molecule has 8 heteroatoms. The van der Waals surface area contributed by atoms with E-state index in [1.165, 1.54) is 0 Å². The molecule has 0 N–H and O–H groups in total. The SMILES string of the molecule is N#Cc1cccnc1N1CCCN(C(=O)c2ccccc2SCc2cn3ccccc3n2)CC1. The Balaban J connectivity index is 1.29. The Morgan fingerprint density at radius 2 is 1.91 bits per heavy atom. The summed E-state index contributed by atoms with van der Waals surface area (Å²) < 4.78 is 2.01. The van der Waals surface area contributed by atoms with Gasteiger partial charge in [-0.3, -0.25) is 4.79 Å². The molecule has 0 atom stereocenters. The minimum absolute atomic E-state index is 0.0430. The van der Waals surface area contributed by atoms with Crippen molar-refractivity contribution in [3.63, 3.8) is 0 Å². The molecule has 1 aromatic carbocycles. The second-order valence-corrected chi connectivity index (χ2v) is 9.12. The fourth-order valence-corrected chi connectivity index (χ4v) is 5.14. The highest BCUT2D eigenvalue weighted by Crippen LogP contribution is 2.28. The van der Waals surface area contributed by atoms with Gasteiger partial charge in [-0.1, -0.05) is 18.2 Å². The Kier molecular flexibility index (Phi) is 6.45. The van der Waals surface area contributed by atoms with Gasteiger partial charge in [-0.15, -0.1) is 11.8 Å². The molecular weight excluding hydrogens is 444 g/mol. The maximum atomic E-state index is 13.5. The third-order valence-corrected chi connectivity index (χ3v) is 7.00. The Bertz CT molecular complexity index is 1330. The van der Waals surface area contributed by atoms with E-state index < -0.39 is 0 Å². The summed E-state index contributed by atoms with van der Waals surface area (Å²) in [4.78, 5) is 27.6. The van der Waals surface area contributed by atoms with Crippen LogP contribution in [0.25, 0.3) is 5.65 Å². The van der Waals surface area contributed by atoms with E-state index in [0.29, 0.717) is 36.8 Å². The third kappa shape index (κ3) is 4.61. The number of pyridine rings is 2. The lowest BCUT2D eigenvalue weighted by Gasteiger charge is -2.24. The van der Waals surface area contributed by atoms with Crippen molar-refractivity contribution in [1.29, 1.82) is 5.26 Å². The number of fused-ring (bicyclic) bond motifs is 1. The van der Waals surface area contributed by atoms with Crippen molar-refractivity contribution in [1.82, 2.24) is 19.3 Å². The number of nitriles is 1. The first-order chi connectivity index (χ1) is 16.7. The van der Waals surface area contributed by atoms with Crippen molar-refractivity contribution in [3.8, 4) is 6.07 Å². The van der Waals surface area contributed by atoms with Crippen molar-refractivity contribution in [2.75, 3.05) is 31.1 Å². The minimum Gasteiger partial charge on any atom is -0.354 e. The number of thioether (sulfide) groups is 1. The van der Waals surface area contributed by atoms with Gasteiger partial charge in [0.25, 0.3) is 5.91 Å². The van der Waals surface area contributed by atoms with Gasteiger partial charge < -0.3 is 14.2 Å². The number of carbonyl (C=O) groups excluding carboxylic acids is 1. The van der Waals surface area contributed by atoms with Crippen LogP contribution in [0.3, 0.4) is 0 Å². The third-order valence-electron chi connectivity index (χ3n) is 5.90. The second kappa shape index (κ2) is 9.98. The maximum absolute atomic E-state index is 13.5. The van der Waals surface area contributed by atoms with E-state index in [1.54, 1.807) is 30.1 Å². The average Bonchev–Trinajstić information content (AvgIpc) is 3.15. The van der Waals surface area contributed by atoms with Crippen LogP contribution in [0.4, 0.5) is 5.82 Å². The summed E-state index contributed by atoms with van der Waals surface area (Å²) in [7, 11) is 0. The molecule has 4 heterocycles. The number of nitrogens with zero attached hydrogens (tertiary/aromatic N) is 6. The van der Waals surface area contributed by atoms with Crippen LogP contribution in [0, 0.1) is 11.3 Å². The predicted octanol–water partition coefficient (Wildman–Crippen LogP) is 4.25. The van der Waals surface area contributed by atoms with Crippen LogP contribution >= 0.6 is 11.8 Å². The van der Waals surface area contributed by atoms with Gasteiger partial charge in [0.1, 0.15) is 17.5 Å². The first-order valence-corrected chi connectivity index (χ1v) is 12.3. The van der Waals surface area contributed by atoms with Crippen molar-refractivity contribution < 1.29 is 4.79 Å². The molecule has 34 heavy (non-hydrogen) atoms. The molecule has 0 bridgehead atoms. The number of carbonyl (C=O) groups is 1. The van der Waals surface area contributed by atoms with Crippen LogP contribution < -0.4 is 4.90 Å². The van der Waals surface area contributed by atoms with Crippen LogP contribution in [-0.2, 0) is 5.75 Å². The van der Waals surface area contributed by atoms with E-state index >= 15 is 0 Å². The largest absolute Gasteiger partial charge is 0.354 e. The summed E-state index contributed by atoms with van der Waals surface area (Å²) in [5.41, 5.74) is 3.19. The highest BCUT2D eigenvalue weighted by molar-refractivity contribution is 7.98. The Hall–Kier alpha value is -3.83. The molecule has 7 nitrogen and oxygen atoms in total. The molecule has 0 radical (unpaired) electrons. The van der Waals surface area contributed by atoms with E-state index in [1.807, 2.05) is 64.2 Å². The first kappa shape index (κ1) is 22.0. The summed E-state index contributed by atoms with van der Waals surface area (Å²) in [5.74, 6) is 1.43. The zero-order valence-corrected chi connectivity index (χ0v) is 19.5. The molecule has 1 aliphatic rings. The normalized spacial score (nSPS) is 14.1. The molecule has 1 saturated heterocycles. The van der Waals surface area contributed by atoms with Gasteiger partial charge in [0.15, 0.2) is 0 Å². The summed E-state index contributed by atoms with van der Waals surface area (Å²) in [5, 5.41) is 9.42. The number of rotatable bonds is 5. The molecule has 0 aliphatic carbocycles. The van der Waals surface area contributed by atoms with Gasteiger partial charge in [0, 0.05) is 55.4 Å². The van der Waals surface area contributed by atoms with Gasteiger partial charge in [-0.25, -0.2) is 9.97 Å². The number of hydrogen-bond acceptors (Lipinski definition) is 6. The molecule has 3 aromatic heterocycles. The smallest absolute Gasteiger partial charge is 0.255 e. The zero-order valence-electron chi connectivity index (χ0n) is 18.7. The lowest BCUT2D eigenvalue weighted by molar-refractivity contribution is 0.0763. The van der Waals surface area contributed by atoms with Crippen molar-refractivity contribution >= 4 is 29.1 Å². The Morgan fingerprint density at radius 1 is 1.03 bits per heavy atom. The summed E-state index contributed by atoms with van der Waals surface area (Å²) in [6.45, 7) is 2.68. The van der Waals surface area contributed by atoms with Gasteiger partial charge in [-0.2, -0.15) is 5.26 Å². The number of benzene rings is 1. The second-order valence-electron chi connectivity index (χ2n) is 8.10. The monoisotopic (exact) mass is 468 g/mol. The van der Waals surface area contributed by atoms with Gasteiger partial charge in [0.2, 0.25) is 0 Å². The van der Waals surface area contributed by atoms with E-state index in [-0.39, 0.29) is 5.91 Å². The van der Waals surface area contributed by atoms with E-state index in [0.717, 1.165) is 34.8 Å². The van der Waals surface area contributed by atoms with E-state index in [4.69, 9.17) is 0 Å². The molecule has 170 valence electrons. The number of amides is 1. The van der Waals surface area contributed by atoms with Crippen molar-refractivity contribution in [2.24, 2.45) is 0 Å². The van der Waals surface area contributed by atoms with Gasteiger partial charge >= 0.3 is 0 Å². The lowest BCUT2D eigenvalue weighted by atomic mass is 10.2.